The van der Waals surface area contributed by atoms with Crippen LogP contribution in [-0.4, -0.2) is 194 Å². The number of hydrogen-bond acceptors (Lipinski definition) is 18. The normalized spacial score (nSPS) is 35.9. The lowest BCUT2D eigenvalue weighted by Crippen LogP contribution is -2.68. The van der Waals surface area contributed by atoms with E-state index >= 15 is 0 Å². The molecule has 3 fully saturated rings. The van der Waals surface area contributed by atoms with Crippen molar-refractivity contribution in [3.05, 3.63) is 12.2 Å². The highest BCUT2D eigenvalue weighted by Crippen LogP contribution is 2.33. The molecule has 3 heterocycles. The summed E-state index contributed by atoms with van der Waals surface area (Å²) in [6.07, 6.45) is -7.25. The summed E-state index contributed by atoms with van der Waals surface area (Å²) in [5, 5.41) is 111. The first-order chi connectivity index (χ1) is 28.7. The third kappa shape index (κ3) is 15.7. The highest BCUT2D eigenvalue weighted by molar-refractivity contribution is 5.73. The Bertz CT molecular complexity index is 1250. The zero-order valence-electron chi connectivity index (χ0n) is 35.0. The Morgan fingerprint density at radius 2 is 1.10 bits per heavy atom. The first kappa shape index (κ1) is 52.4. The summed E-state index contributed by atoms with van der Waals surface area (Å²) < 4.78 is 34.1. The van der Waals surface area contributed by atoms with E-state index < -0.39 is 136 Å². The van der Waals surface area contributed by atoms with Crippen molar-refractivity contribution in [1.82, 2.24) is 10.6 Å². The quantitative estimate of drug-likeness (QED) is 0.0322. The van der Waals surface area contributed by atoms with E-state index in [0.717, 1.165) is 32.6 Å². The van der Waals surface area contributed by atoms with Gasteiger partial charge in [0.2, 0.25) is 11.8 Å². The first-order valence-corrected chi connectivity index (χ1v) is 21.4. The van der Waals surface area contributed by atoms with E-state index in [4.69, 9.17) is 28.4 Å². The Hall–Kier alpha value is -1.96. The number of amides is 2. The number of aliphatic hydroxyl groups is 10. The predicted molar refractivity (Wildman–Crippen MR) is 210 cm³/mol. The van der Waals surface area contributed by atoms with Crippen molar-refractivity contribution in [3.8, 4) is 0 Å². The summed E-state index contributed by atoms with van der Waals surface area (Å²) in [5.74, 6) is -1.11. The molecule has 20 nitrogen and oxygen atoms in total. The van der Waals surface area contributed by atoms with Crippen LogP contribution < -0.4 is 10.6 Å². The minimum absolute atomic E-state index is 0.375. The van der Waals surface area contributed by atoms with Gasteiger partial charge in [0, 0.05) is 13.8 Å². The van der Waals surface area contributed by atoms with Crippen molar-refractivity contribution in [2.24, 2.45) is 0 Å². The lowest BCUT2D eigenvalue weighted by Gasteiger charge is -2.48. The van der Waals surface area contributed by atoms with Gasteiger partial charge in [-0.1, -0.05) is 83.3 Å². The summed E-state index contributed by atoms with van der Waals surface area (Å²) in [5.41, 5.74) is 0. The predicted octanol–water partition coefficient (Wildman–Crippen LogP) is -2.28. The van der Waals surface area contributed by atoms with Crippen LogP contribution in [0.15, 0.2) is 12.2 Å². The topological polar surface area (TPSA) is 316 Å². The zero-order chi connectivity index (χ0) is 44.4. The number of nitrogens with one attached hydrogen (secondary N) is 2. The summed E-state index contributed by atoms with van der Waals surface area (Å²) in [6, 6.07) is -2.40. The van der Waals surface area contributed by atoms with Crippen molar-refractivity contribution >= 4 is 11.8 Å². The van der Waals surface area contributed by atoms with Crippen molar-refractivity contribution in [2.45, 2.75) is 202 Å². The Kier molecular flexibility index (Phi) is 23.8. The molecule has 0 aromatic rings. The average molecular weight is 869 g/mol. The highest BCUT2D eigenvalue weighted by atomic mass is 16.8. The molecule has 17 atom stereocenters. The molecule has 0 bridgehead atoms. The third-order valence-corrected chi connectivity index (χ3v) is 11.0. The average Bonchev–Trinajstić information content (AvgIpc) is 3.22. The van der Waals surface area contributed by atoms with Crippen LogP contribution in [0.5, 0.6) is 0 Å². The van der Waals surface area contributed by atoms with E-state index in [9.17, 15) is 60.7 Å². The van der Waals surface area contributed by atoms with Gasteiger partial charge in [0.05, 0.1) is 38.6 Å². The summed E-state index contributed by atoms with van der Waals surface area (Å²) in [6.45, 7) is 1.79. The van der Waals surface area contributed by atoms with Crippen molar-refractivity contribution in [3.63, 3.8) is 0 Å². The SMILES string of the molecule is CCCCCCCCCCCCC/C=C\C(O)C(COC1OC(CO)C(OC2OC(CO)C(OC3OC(CO)C(O)C(O)C3NC(C)=O)C(O)C2O)C(O)C1O)NC(C)=O. The first-order valence-electron chi connectivity index (χ1n) is 21.4. The number of unbranched alkanes of at least 4 members (excludes halogenated alkanes) is 11. The third-order valence-electron chi connectivity index (χ3n) is 11.0. The molecular formula is C40H72N2O18. The fraction of sp³-hybridized carbons (Fsp3) is 0.900. The molecule has 0 aromatic carbocycles. The molecule has 3 aliphatic rings. The summed E-state index contributed by atoms with van der Waals surface area (Å²) >= 11 is 0. The molecule has 2 amide bonds. The number of hydrogen-bond donors (Lipinski definition) is 12. The number of carbonyl (C=O) groups excluding carboxylic acids is 2. The molecule has 0 aliphatic carbocycles. The van der Waals surface area contributed by atoms with Gasteiger partial charge in [-0.05, 0) is 12.8 Å². The largest absolute Gasteiger partial charge is 0.394 e. The van der Waals surface area contributed by atoms with E-state index in [2.05, 4.69) is 17.6 Å². The maximum absolute atomic E-state index is 12.0. The van der Waals surface area contributed by atoms with Crippen LogP contribution in [0.4, 0.5) is 0 Å². The molecule has 60 heavy (non-hydrogen) atoms. The van der Waals surface area contributed by atoms with Crippen molar-refractivity contribution < 1.29 is 89.1 Å². The number of allylic oxidation sites excluding steroid dienone is 1. The lowest BCUT2D eigenvalue weighted by atomic mass is 9.95. The number of carbonyl (C=O) groups is 2. The molecule has 3 aliphatic heterocycles. The minimum atomic E-state index is -1.98. The van der Waals surface area contributed by atoms with E-state index in [1.54, 1.807) is 6.08 Å². The molecule has 3 rings (SSSR count). The molecule has 3 saturated heterocycles. The standard InChI is InChI=1S/C40H72N2O18/c1-4-5-6-7-8-9-10-11-12-13-14-15-16-17-25(48)24(41-22(2)46)21-55-39-34(53)32(51)37(27(19-44)57-39)60-40-35(54)33(52)36(28(20-45)58-40)59-38-29(42-23(3)47)31(50)30(49)26(18-43)56-38/h16-17,24-40,43-45,48-54H,4-15,18-21H2,1-3H3,(H,41,46)(H,42,47)/b17-16-. The molecule has 0 saturated carbocycles. The van der Waals surface area contributed by atoms with E-state index in [-0.39, 0.29) is 6.61 Å². The fourth-order valence-electron chi connectivity index (χ4n) is 7.57. The van der Waals surface area contributed by atoms with Crippen LogP contribution in [0.25, 0.3) is 0 Å². The van der Waals surface area contributed by atoms with Crippen molar-refractivity contribution in [1.29, 1.82) is 0 Å². The van der Waals surface area contributed by atoms with Crippen molar-refractivity contribution in [2.75, 3.05) is 26.4 Å². The summed E-state index contributed by atoms with van der Waals surface area (Å²) in [4.78, 5) is 23.8. The molecule has 350 valence electrons. The van der Waals surface area contributed by atoms with E-state index in [1.165, 1.54) is 58.3 Å². The second-order valence-electron chi connectivity index (χ2n) is 15.9. The van der Waals surface area contributed by atoms with Crippen LogP contribution in [0, 0.1) is 0 Å². The molecule has 0 spiro atoms. The molecule has 12 N–H and O–H groups in total. The monoisotopic (exact) mass is 868 g/mol. The number of rotatable bonds is 26. The van der Waals surface area contributed by atoms with E-state index in [0.29, 0.717) is 0 Å². The zero-order valence-corrected chi connectivity index (χ0v) is 35.0. The molecule has 0 radical (unpaired) electrons. The van der Waals surface area contributed by atoms with Gasteiger partial charge in [0.25, 0.3) is 0 Å². The second kappa shape index (κ2) is 27.3. The lowest BCUT2D eigenvalue weighted by molar-refractivity contribution is -0.374. The van der Waals surface area contributed by atoms with Crippen LogP contribution in [-0.2, 0) is 38.0 Å². The van der Waals surface area contributed by atoms with Crippen LogP contribution >= 0.6 is 0 Å². The second-order valence-corrected chi connectivity index (χ2v) is 15.9. The maximum Gasteiger partial charge on any atom is 0.217 e. The maximum atomic E-state index is 12.0. The Labute approximate surface area is 351 Å². The van der Waals surface area contributed by atoms with Gasteiger partial charge in [-0.25, -0.2) is 0 Å². The van der Waals surface area contributed by atoms with Gasteiger partial charge < -0.3 is 90.1 Å². The van der Waals surface area contributed by atoms with Gasteiger partial charge >= 0.3 is 0 Å². The highest BCUT2D eigenvalue weighted by Gasteiger charge is 2.54. The summed E-state index contributed by atoms with van der Waals surface area (Å²) in [7, 11) is 0. The molecule has 17 unspecified atom stereocenters. The minimum Gasteiger partial charge on any atom is -0.394 e. The van der Waals surface area contributed by atoms with Gasteiger partial charge in [-0.3, -0.25) is 9.59 Å². The van der Waals surface area contributed by atoms with Gasteiger partial charge in [-0.2, -0.15) is 0 Å². The van der Waals surface area contributed by atoms with Crippen LogP contribution in [0.2, 0.25) is 0 Å². The molecular weight excluding hydrogens is 796 g/mol. The van der Waals surface area contributed by atoms with Crippen LogP contribution in [0.1, 0.15) is 97.8 Å². The molecule has 20 heteroatoms. The smallest absolute Gasteiger partial charge is 0.217 e. The number of aliphatic hydroxyl groups excluding tert-OH is 10. The fourth-order valence-corrected chi connectivity index (χ4v) is 7.57. The van der Waals surface area contributed by atoms with Gasteiger partial charge in [-0.15, -0.1) is 0 Å². The van der Waals surface area contributed by atoms with Gasteiger partial charge in [0.15, 0.2) is 18.9 Å². The van der Waals surface area contributed by atoms with E-state index in [1.807, 2.05) is 6.08 Å². The van der Waals surface area contributed by atoms with Gasteiger partial charge in [0.1, 0.15) is 73.2 Å². The van der Waals surface area contributed by atoms with Crippen LogP contribution in [0.3, 0.4) is 0 Å². The molecule has 0 aromatic heterocycles. The Morgan fingerprint density at radius 3 is 1.62 bits per heavy atom. The number of ether oxygens (including phenoxy) is 6. The Morgan fingerprint density at radius 1 is 0.617 bits per heavy atom. The Balaban J connectivity index is 1.55.